The number of hydrogen-bond acceptors (Lipinski definition) is 3. The van der Waals surface area contributed by atoms with Gasteiger partial charge in [-0.05, 0) is 39.2 Å². The fourth-order valence-electron chi connectivity index (χ4n) is 1.93. The van der Waals surface area contributed by atoms with Gasteiger partial charge < -0.3 is 9.84 Å². The van der Waals surface area contributed by atoms with E-state index in [1.807, 2.05) is 30.3 Å². The highest BCUT2D eigenvalue weighted by molar-refractivity contribution is 9.10. The van der Waals surface area contributed by atoms with Crippen molar-refractivity contribution in [2.45, 2.75) is 5.92 Å². The van der Waals surface area contributed by atoms with Crippen LogP contribution in [-0.4, -0.2) is 18.2 Å². The van der Waals surface area contributed by atoms with Crippen molar-refractivity contribution in [2.75, 3.05) is 7.11 Å². The molecular weight excluding hydrogens is 308 g/mol. The Morgan fingerprint density at radius 1 is 1.16 bits per heavy atom. The second-order valence-electron chi connectivity index (χ2n) is 4.08. The Kier molecular flexibility index (Phi) is 4.22. The first-order chi connectivity index (χ1) is 9.13. The zero-order valence-corrected chi connectivity index (χ0v) is 11.9. The van der Waals surface area contributed by atoms with Crippen LogP contribution < -0.4 is 0 Å². The van der Waals surface area contributed by atoms with Gasteiger partial charge in [0.05, 0.1) is 11.6 Å². The zero-order valence-electron chi connectivity index (χ0n) is 10.3. The number of phenolic OH excluding ortho intramolecular Hbond substituents is 1. The van der Waals surface area contributed by atoms with Crippen LogP contribution in [0.25, 0.3) is 0 Å². The summed E-state index contributed by atoms with van der Waals surface area (Å²) in [5.74, 6) is -0.688. The number of benzene rings is 2. The molecule has 0 aliphatic rings. The van der Waals surface area contributed by atoms with Gasteiger partial charge in [0.25, 0.3) is 0 Å². The summed E-state index contributed by atoms with van der Waals surface area (Å²) in [7, 11) is 1.37. The van der Waals surface area contributed by atoms with Gasteiger partial charge in [0, 0.05) is 0 Å². The van der Waals surface area contributed by atoms with Crippen molar-refractivity contribution in [3.05, 3.63) is 64.1 Å². The van der Waals surface area contributed by atoms with Crippen LogP contribution in [0.15, 0.2) is 53.0 Å². The monoisotopic (exact) mass is 320 g/mol. The van der Waals surface area contributed by atoms with E-state index in [2.05, 4.69) is 15.9 Å². The van der Waals surface area contributed by atoms with Crippen LogP contribution in [0.1, 0.15) is 17.0 Å². The van der Waals surface area contributed by atoms with E-state index in [9.17, 15) is 9.90 Å². The van der Waals surface area contributed by atoms with E-state index < -0.39 is 5.92 Å². The first-order valence-electron chi connectivity index (χ1n) is 5.74. The Hall–Kier alpha value is -1.81. The highest BCUT2D eigenvalue weighted by Gasteiger charge is 2.23. The van der Waals surface area contributed by atoms with E-state index in [0.29, 0.717) is 4.47 Å². The molecule has 0 amide bonds. The van der Waals surface area contributed by atoms with E-state index in [0.717, 1.165) is 11.1 Å². The van der Waals surface area contributed by atoms with Crippen LogP contribution in [0.5, 0.6) is 5.75 Å². The van der Waals surface area contributed by atoms with Gasteiger partial charge in [0.1, 0.15) is 11.7 Å². The largest absolute Gasteiger partial charge is 0.507 e. The van der Waals surface area contributed by atoms with Crippen molar-refractivity contribution in [3.8, 4) is 5.75 Å². The Morgan fingerprint density at radius 2 is 1.84 bits per heavy atom. The van der Waals surface area contributed by atoms with Gasteiger partial charge in [-0.15, -0.1) is 0 Å². The number of halogens is 1. The van der Waals surface area contributed by atoms with E-state index in [1.54, 1.807) is 18.2 Å². The quantitative estimate of drug-likeness (QED) is 0.881. The summed E-state index contributed by atoms with van der Waals surface area (Å²) in [6.07, 6.45) is 0. The lowest BCUT2D eigenvalue weighted by atomic mass is 9.91. The Labute approximate surface area is 120 Å². The summed E-state index contributed by atoms with van der Waals surface area (Å²) in [5.41, 5.74) is 1.62. The molecule has 3 nitrogen and oxygen atoms in total. The second kappa shape index (κ2) is 5.89. The Morgan fingerprint density at radius 3 is 2.42 bits per heavy atom. The molecule has 4 heteroatoms. The predicted octanol–water partition coefficient (Wildman–Crippen LogP) is 3.46. The molecule has 98 valence electrons. The summed E-state index contributed by atoms with van der Waals surface area (Å²) in [6.45, 7) is 0. The molecule has 2 aromatic rings. The summed E-state index contributed by atoms with van der Waals surface area (Å²) in [6, 6.07) is 14.4. The number of esters is 1. The molecule has 1 N–H and O–H groups in total. The number of ether oxygens (including phenoxy) is 1. The fourth-order valence-corrected chi connectivity index (χ4v) is 2.33. The van der Waals surface area contributed by atoms with E-state index in [4.69, 9.17) is 4.74 Å². The molecule has 0 aliphatic carbocycles. The topological polar surface area (TPSA) is 46.5 Å². The Balaban J connectivity index is 2.49. The maximum Gasteiger partial charge on any atom is 0.317 e. The molecule has 0 heterocycles. The SMILES string of the molecule is COC(=O)C(c1ccccc1)c1ccc(O)c(Br)c1. The molecule has 0 saturated heterocycles. The lowest BCUT2D eigenvalue weighted by molar-refractivity contribution is -0.141. The molecule has 0 spiro atoms. The summed E-state index contributed by atoms with van der Waals surface area (Å²) < 4.78 is 5.43. The fraction of sp³-hybridized carbons (Fsp3) is 0.133. The minimum Gasteiger partial charge on any atom is -0.507 e. The van der Waals surface area contributed by atoms with E-state index >= 15 is 0 Å². The Bertz CT molecular complexity index is 581. The van der Waals surface area contributed by atoms with Crippen molar-refractivity contribution >= 4 is 21.9 Å². The van der Waals surface area contributed by atoms with Gasteiger partial charge in [-0.3, -0.25) is 4.79 Å². The molecule has 0 bridgehead atoms. The third-order valence-corrected chi connectivity index (χ3v) is 3.51. The minimum atomic E-state index is -0.497. The van der Waals surface area contributed by atoms with Crippen LogP contribution in [0, 0.1) is 0 Å². The molecular formula is C15H13BrO3. The number of aromatic hydroxyl groups is 1. The van der Waals surface area contributed by atoms with Crippen LogP contribution in [-0.2, 0) is 9.53 Å². The van der Waals surface area contributed by atoms with Gasteiger partial charge in [0.2, 0.25) is 0 Å². The third kappa shape index (κ3) is 2.96. The van der Waals surface area contributed by atoms with Crippen molar-refractivity contribution in [2.24, 2.45) is 0 Å². The highest BCUT2D eigenvalue weighted by Crippen LogP contribution is 2.31. The van der Waals surface area contributed by atoms with Gasteiger partial charge >= 0.3 is 5.97 Å². The van der Waals surface area contributed by atoms with Crippen molar-refractivity contribution in [3.63, 3.8) is 0 Å². The smallest absolute Gasteiger partial charge is 0.317 e. The van der Waals surface area contributed by atoms with Crippen LogP contribution in [0.3, 0.4) is 0 Å². The average Bonchev–Trinajstić information content (AvgIpc) is 2.44. The van der Waals surface area contributed by atoms with Crippen molar-refractivity contribution in [1.82, 2.24) is 0 Å². The standard InChI is InChI=1S/C15H13BrO3/c1-19-15(18)14(10-5-3-2-4-6-10)11-7-8-13(17)12(16)9-11/h2-9,14,17H,1H3. The number of rotatable bonds is 3. The number of phenols is 1. The average molecular weight is 321 g/mol. The maximum absolute atomic E-state index is 12.0. The molecule has 1 unspecified atom stereocenters. The number of hydrogen-bond donors (Lipinski definition) is 1. The first-order valence-corrected chi connectivity index (χ1v) is 6.54. The van der Waals surface area contributed by atoms with Crippen LogP contribution in [0.4, 0.5) is 0 Å². The van der Waals surface area contributed by atoms with Gasteiger partial charge in [0.15, 0.2) is 0 Å². The zero-order chi connectivity index (χ0) is 13.8. The van der Waals surface area contributed by atoms with Crippen LogP contribution >= 0.6 is 15.9 Å². The van der Waals surface area contributed by atoms with Crippen molar-refractivity contribution < 1.29 is 14.6 Å². The minimum absolute atomic E-state index is 0.139. The lowest BCUT2D eigenvalue weighted by Gasteiger charge is -2.16. The van der Waals surface area contributed by atoms with Gasteiger partial charge in [-0.1, -0.05) is 36.4 Å². The third-order valence-electron chi connectivity index (χ3n) is 2.87. The predicted molar refractivity (Wildman–Crippen MR) is 76.1 cm³/mol. The molecule has 0 fully saturated rings. The number of carbonyl (C=O) groups excluding carboxylic acids is 1. The molecule has 1 atom stereocenters. The molecule has 0 aromatic heterocycles. The molecule has 19 heavy (non-hydrogen) atoms. The molecule has 0 radical (unpaired) electrons. The van der Waals surface area contributed by atoms with Crippen LogP contribution in [0.2, 0.25) is 0 Å². The van der Waals surface area contributed by atoms with E-state index in [-0.39, 0.29) is 11.7 Å². The molecule has 2 rings (SSSR count). The lowest BCUT2D eigenvalue weighted by Crippen LogP contribution is -2.15. The van der Waals surface area contributed by atoms with Crippen molar-refractivity contribution in [1.29, 1.82) is 0 Å². The highest BCUT2D eigenvalue weighted by atomic mass is 79.9. The van der Waals surface area contributed by atoms with Gasteiger partial charge in [-0.25, -0.2) is 0 Å². The maximum atomic E-state index is 12.0. The second-order valence-corrected chi connectivity index (χ2v) is 4.93. The number of methoxy groups -OCH3 is 1. The van der Waals surface area contributed by atoms with E-state index in [1.165, 1.54) is 7.11 Å². The normalized spacial score (nSPS) is 11.9. The summed E-state index contributed by atoms with van der Waals surface area (Å²) >= 11 is 3.26. The van der Waals surface area contributed by atoms with Gasteiger partial charge in [-0.2, -0.15) is 0 Å². The summed E-state index contributed by atoms with van der Waals surface area (Å²) in [4.78, 5) is 12.0. The summed E-state index contributed by atoms with van der Waals surface area (Å²) in [5, 5.41) is 9.53. The number of carbonyl (C=O) groups is 1. The first kappa shape index (κ1) is 13.6. The molecule has 0 saturated carbocycles. The molecule has 2 aromatic carbocycles. The molecule has 0 aliphatic heterocycles.